The lowest BCUT2D eigenvalue weighted by Gasteiger charge is -2.47. The number of hydrogen-bond donors (Lipinski definition) is 1. The topological polar surface area (TPSA) is 49.8 Å². The van der Waals surface area contributed by atoms with E-state index in [0.29, 0.717) is 12.5 Å². The van der Waals surface area contributed by atoms with Gasteiger partial charge in [-0.05, 0) is 50.3 Å². The van der Waals surface area contributed by atoms with Gasteiger partial charge in [-0.15, -0.1) is 0 Å². The first-order chi connectivity index (χ1) is 9.60. The van der Waals surface area contributed by atoms with Crippen molar-refractivity contribution >= 4 is 25.9 Å². The first kappa shape index (κ1) is 16.7. The zero-order chi connectivity index (χ0) is 15.8. The van der Waals surface area contributed by atoms with E-state index < -0.39 is 9.05 Å². The fourth-order valence-corrected chi connectivity index (χ4v) is 3.75. The van der Waals surface area contributed by atoms with E-state index in [0.717, 1.165) is 6.42 Å². The minimum absolute atomic E-state index is 0.0264. The van der Waals surface area contributed by atoms with Crippen LogP contribution in [0.3, 0.4) is 0 Å². The van der Waals surface area contributed by atoms with Crippen molar-refractivity contribution in [3.05, 3.63) is 29.3 Å². The van der Waals surface area contributed by atoms with Gasteiger partial charge < -0.3 is 4.90 Å². The molecule has 6 heteroatoms. The Morgan fingerprint density at radius 2 is 2.19 bits per heavy atom. The number of nitrogens with zero attached hydrogens (tertiary/aromatic N) is 1. The second-order valence-corrected chi connectivity index (χ2v) is 8.74. The summed E-state index contributed by atoms with van der Waals surface area (Å²) in [7, 11) is -3.55. The van der Waals surface area contributed by atoms with Gasteiger partial charge in [0.05, 0.1) is 6.61 Å². The zero-order valence-electron chi connectivity index (χ0n) is 13.0. The molecule has 21 heavy (non-hydrogen) atoms. The summed E-state index contributed by atoms with van der Waals surface area (Å²) in [6.07, 6.45) is 1.03. The maximum Gasteiger partial charge on any atom is 0.266 e. The van der Waals surface area contributed by atoms with Gasteiger partial charge in [-0.1, -0.05) is 19.1 Å². The van der Waals surface area contributed by atoms with Gasteiger partial charge in [0.2, 0.25) is 0 Å². The smallest absolute Gasteiger partial charge is 0.266 e. The molecule has 0 amide bonds. The van der Waals surface area contributed by atoms with E-state index in [1.807, 2.05) is 0 Å². The van der Waals surface area contributed by atoms with Crippen LogP contribution in [0.2, 0.25) is 0 Å². The molecule has 0 saturated carbocycles. The van der Waals surface area contributed by atoms with E-state index in [1.165, 1.54) is 16.8 Å². The van der Waals surface area contributed by atoms with E-state index in [1.54, 1.807) is 0 Å². The summed E-state index contributed by atoms with van der Waals surface area (Å²) in [6, 6.07) is 6.49. The van der Waals surface area contributed by atoms with Crippen molar-refractivity contribution in [2.45, 2.75) is 45.6 Å². The molecular formula is C15H23NO3S2. The molecule has 1 aliphatic heterocycles. The van der Waals surface area contributed by atoms with Gasteiger partial charge in [-0.3, -0.25) is 8.74 Å². The molecule has 1 N–H and O–H groups in total. The van der Waals surface area contributed by atoms with Crippen LogP contribution in [0.15, 0.2) is 18.2 Å². The molecule has 1 heterocycles. The maximum absolute atomic E-state index is 11.1. The first-order valence-electron chi connectivity index (χ1n) is 7.10. The molecule has 2 atom stereocenters. The van der Waals surface area contributed by atoms with E-state index in [4.69, 9.17) is 8.74 Å². The molecule has 0 aliphatic carbocycles. The van der Waals surface area contributed by atoms with Crippen LogP contribution in [0, 0.1) is 6.92 Å². The lowest BCUT2D eigenvalue weighted by molar-refractivity contribution is 0.287. The Hall–Kier alpha value is -0.690. The van der Waals surface area contributed by atoms with Crippen LogP contribution in [0.25, 0.3) is 0 Å². The Kier molecular flexibility index (Phi) is 4.63. The lowest BCUT2D eigenvalue weighted by atomic mass is 9.80. The van der Waals surface area contributed by atoms with Crippen LogP contribution >= 0.6 is 0 Å². The van der Waals surface area contributed by atoms with Crippen LogP contribution in [-0.2, 0) is 24.4 Å². The molecular weight excluding hydrogens is 306 g/mol. The van der Waals surface area contributed by atoms with Crippen molar-refractivity contribution in [1.29, 1.82) is 0 Å². The molecule has 0 fully saturated rings. The summed E-state index contributed by atoms with van der Waals surface area (Å²) in [5, 5.41) is 0. The molecule has 0 aromatic heterocycles. The van der Waals surface area contributed by atoms with Crippen LogP contribution in [0.4, 0.5) is 5.69 Å². The summed E-state index contributed by atoms with van der Waals surface area (Å²) < 4.78 is 25.0. The molecule has 118 valence electrons. The van der Waals surface area contributed by atoms with Crippen LogP contribution in [0.1, 0.15) is 44.2 Å². The summed E-state index contributed by atoms with van der Waals surface area (Å²) in [5.74, 6) is 0.494. The van der Waals surface area contributed by atoms with Gasteiger partial charge in [0, 0.05) is 29.0 Å². The van der Waals surface area contributed by atoms with Crippen molar-refractivity contribution < 1.29 is 12.9 Å². The van der Waals surface area contributed by atoms with Crippen LogP contribution in [-0.4, -0.2) is 27.5 Å². The predicted molar refractivity (Wildman–Crippen MR) is 89.7 cm³/mol. The number of hydrogen-bond acceptors (Lipinski definition) is 4. The highest BCUT2D eigenvalue weighted by Gasteiger charge is 2.36. The van der Waals surface area contributed by atoms with Gasteiger partial charge >= 0.3 is 0 Å². The molecule has 1 unspecified atom stereocenters. The number of fused-ring (bicyclic) bond motifs is 1. The Balaban J connectivity index is 2.29. The normalized spacial score (nSPS) is 23.5. The molecule has 0 spiro atoms. The van der Waals surface area contributed by atoms with Crippen LogP contribution < -0.4 is 4.90 Å². The van der Waals surface area contributed by atoms with E-state index in [-0.39, 0.29) is 12.1 Å². The Morgan fingerprint density at radius 3 is 2.81 bits per heavy atom. The van der Waals surface area contributed by atoms with E-state index >= 15 is 0 Å². The minimum atomic E-state index is -3.55. The standard InChI is InChI=1S/C15H23NO3S2/c1-11-5-6-13-12(2)10-15(3,4)16(14(13)9-11)7-8-19-21(17,18)20/h5-6,9,12H,7-8,10H2,1-4H3,(H,17,18,20)/t12-/m0/s1. The van der Waals surface area contributed by atoms with Crippen molar-refractivity contribution in [2.24, 2.45) is 0 Å². The van der Waals surface area contributed by atoms with Crippen LogP contribution in [0.5, 0.6) is 0 Å². The van der Waals surface area contributed by atoms with Gasteiger partial charge in [0.15, 0.2) is 0 Å². The second kappa shape index (κ2) is 5.83. The fraction of sp³-hybridized carbons (Fsp3) is 0.600. The Labute approximate surface area is 132 Å². The summed E-state index contributed by atoms with van der Waals surface area (Å²) in [4.78, 5) is 2.26. The monoisotopic (exact) mass is 329 g/mol. The molecule has 1 aromatic rings. The van der Waals surface area contributed by atoms with Gasteiger partial charge in [0.25, 0.3) is 9.05 Å². The molecule has 1 aliphatic rings. The highest BCUT2D eigenvalue weighted by atomic mass is 32.9. The number of benzene rings is 1. The molecule has 4 nitrogen and oxygen atoms in total. The fourth-order valence-electron chi connectivity index (χ4n) is 3.26. The highest BCUT2D eigenvalue weighted by Crippen LogP contribution is 2.43. The first-order valence-corrected chi connectivity index (χ1v) is 9.47. The second-order valence-electron chi connectivity index (χ2n) is 6.38. The molecule has 0 radical (unpaired) electrons. The predicted octanol–water partition coefficient (Wildman–Crippen LogP) is 3.24. The minimum Gasteiger partial charge on any atom is -0.364 e. The van der Waals surface area contributed by atoms with E-state index in [9.17, 15) is 4.21 Å². The summed E-state index contributed by atoms with van der Waals surface area (Å²) in [5.41, 5.74) is 3.69. The van der Waals surface area contributed by atoms with Crippen molar-refractivity contribution in [1.82, 2.24) is 0 Å². The van der Waals surface area contributed by atoms with Gasteiger partial charge in [-0.2, -0.15) is 4.21 Å². The summed E-state index contributed by atoms with van der Waals surface area (Å²) >= 11 is 4.37. The summed E-state index contributed by atoms with van der Waals surface area (Å²) in [6.45, 7) is 9.39. The van der Waals surface area contributed by atoms with E-state index in [2.05, 4.69) is 62.0 Å². The number of rotatable bonds is 4. The largest absolute Gasteiger partial charge is 0.364 e. The Bertz CT molecular complexity index is 626. The average molecular weight is 329 g/mol. The third kappa shape index (κ3) is 3.94. The van der Waals surface area contributed by atoms with Crippen molar-refractivity contribution in [3.8, 4) is 0 Å². The zero-order valence-corrected chi connectivity index (χ0v) is 14.6. The Morgan fingerprint density at radius 1 is 1.52 bits per heavy atom. The number of aryl methyl sites for hydroxylation is 1. The molecule has 2 rings (SSSR count). The van der Waals surface area contributed by atoms with Gasteiger partial charge in [-0.25, -0.2) is 0 Å². The van der Waals surface area contributed by atoms with Crippen molar-refractivity contribution in [3.63, 3.8) is 0 Å². The molecule has 0 saturated heterocycles. The third-order valence-corrected chi connectivity index (χ3v) is 4.84. The lowest BCUT2D eigenvalue weighted by Crippen LogP contribution is -2.49. The number of anilines is 1. The highest BCUT2D eigenvalue weighted by molar-refractivity contribution is 8.27. The maximum atomic E-state index is 11.1. The SMILES string of the molecule is Cc1ccc2c(c1)N(CCOS(=O)(O)=S)C(C)(C)C[C@@H]2C. The quantitative estimate of drug-likeness (QED) is 0.919. The third-order valence-electron chi connectivity index (χ3n) is 4.09. The van der Waals surface area contributed by atoms with Gasteiger partial charge in [0.1, 0.15) is 0 Å². The molecule has 0 bridgehead atoms. The molecule has 1 aromatic carbocycles. The average Bonchev–Trinajstić information content (AvgIpc) is 2.30. The van der Waals surface area contributed by atoms with Crippen molar-refractivity contribution in [2.75, 3.05) is 18.1 Å².